The monoisotopic (exact) mass is 389 g/mol. The Kier molecular flexibility index (Phi) is 4.59. The molecule has 8 heteroatoms. The summed E-state index contributed by atoms with van der Waals surface area (Å²) in [6.07, 6.45) is 5.45. The van der Waals surface area contributed by atoms with Crippen molar-refractivity contribution in [3.8, 4) is 11.4 Å². The molecule has 8 nitrogen and oxygen atoms in total. The average molecular weight is 389 g/mol. The summed E-state index contributed by atoms with van der Waals surface area (Å²) in [5.74, 6) is 1.82. The molecular formula is C21H23N7O. The molecule has 1 unspecified atom stereocenters. The molecule has 29 heavy (non-hydrogen) atoms. The number of piperidine rings is 1. The highest BCUT2D eigenvalue weighted by Gasteiger charge is 2.29. The zero-order valence-electron chi connectivity index (χ0n) is 16.1. The van der Waals surface area contributed by atoms with Gasteiger partial charge in [0.05, 0.1) is 24.6 Å². The quantitative estimate of drug-likeness (QED) is 0.712. The van der Waals surface area contributed by atoms with Crippen molar-refractivity contribution >= 4 is 17.3 Å². The van der Waals surface area contributed by atoms with Crippen LogP contribution in [-0.4, -0.2) is 57.3 Å². The number of rotatable bonds is 4. The number of hydrogen-bond acceptors (Lipinski definition) is 6. The number of aromatic amines is 1. The molecule has 5 rings (SSSR count). The number of likely N-dealkylation sites (tertiary alicyclic amines) is 1. The first-order valence-electron chi connectivity index (χ1n) is 9.96. The summed E-state index contributed by atoms with van der Waals surface area (Å²) < 4.78 is 0. The van der Waals surface area contributed by atoms with Crippen molar-refractivity contribution in [1.29, 1.82) is 0 Å². The highest BCUT2D eigenvalue weighted by molar-refractivity contribution is 5.85. The summed E-state index contributed by atoms with van der Waals surface area (Å²) in [7, 11) is 0. The van der Waals surface area contributed by atoms with Gasteiger partial charge in [-0.15, -0.1) is 0 Å². The number of fused-ring (bicyclic) bond motifs is 1. The molecule has 2 aliphatic rings. The summed E-state index contributed by atoms with van der Waals surface area (Å²) >= 11 is 0. The van der Waals surface area contributed by atoms with Crippen molar-refractivity contribution in [1.82, 2.24) is 25.1 Å². The van der Waals surface area contributed by atoms with Crippen molar-refractivity contribution in [2.75, 3.05) is 36.5 Å². The highest BCUT2D eigenvalue weighted by Crippen LogP contribution is 2.31. The smallest absolute Gasteiger partial charge is 0.242 e. The van der Waals surface area contributed by atoms with E-state index in [0.717, 1.165) is 42.1 Å². The molecule has 0 spiro atoms. The van der Waals surface area contributed by atoms with Crippen molar-refractivity contribution in [3.05, 3.63) is 54.6 Å². The minimum atomic E-state index is 0.153. The van der Waals surface area contributed by atoms with Gasteiger partial charge in [-0.25, -0.2) is 4.98 Å². The summed E-state index contributed by atoms with van der Waals surface area (Å²) in [6.45, 7) is 2.51. The van der Waals surface area contributed by atoms with Crippen LogP contribution >= 0.6 is 0 Å². The van der Waals surface area contributed by atoms with Crippen molar-refractivity contribution in [2.24, 2.45) is 0 Å². The first kappa shape index (κ1) is 17.7. The molecule has 3 aromatic rings. The molecule has 0 aliphatic carbocycles. The van der Waals surface area contributed by atoms with Crippen LogP contribution in [0.15, 0.2) is 48.8 Å². The Morgan fingerprint density at radius 2 is 2.14 bits per heavy atom. The Hall–Kier alpha value is -3.42. The second kappa shape index (κ2) is 7.54. The fraction of sp³-hybridized carbons (Fsp3) is 0.333. The van der Waals surface area contributed by atoms with E-state index in [2.05, 4.69) is 36.4 Å². The van der Waals surface area contributed by atoms with Crippen LogP contribution in [0.2, 0.25) is 0 Å². The third-order valence-electron chi connectivity index (χ3n) is 5.61. The molecule has 1 saturated heterocycles. The number of carbonyl (C=O) groups excluding carboxylic acids is 1. The van der Waals surface area contributed by atoms with Gasteiger partial charge in [0.15, 0.2) is 5.82 Å². The number of aromatic nitrogens is 4. The fourth-order valence-corrected chi connectivity index (χ4v) is 4.08. The molecule has 2 aliphatic heterocycles. The standard InChI is InChI=1S/C21H23N7O/c29-19(13-28-14-23-17-7-1-2-8-18(17)28)27-10-4-6-16(12-27)21-24-20(25-26-21)15-5-3-9-22-11-15/h1-3,5,7-9,11,16,23H,4,6,10,12-14H2,(H,24,25,26). The number of anilines is 2. The number of para-hydroxylation sites is 2. The van der Waals surface area contributed by atoms with Gasteiger partial charge in [-0.3, -0.25) is 14.9 Å². The third kappa shape index (κ3) is 3.53. The normalized spacial score (nSPS) is 18.4. The molecular weight excluding hydrogens is 366 g/mol. The van der Waals surface area contributed by atoms with E-state index >= 15 is 0 Å². The zero-order chi connectivity index (χ0) is 19.6. The second-order valence-corrected chi connectivity index (χ2v) is 7.51. The van der Waals surface area contributed by atoms with Gasteiger partial charge in [-0.2, -0.15) is 5.10 Å². The van der Waals surface area contributed by atoms with Gasteiger partial charge < -0.3 is 15.1 Å². The second-order valence-electron chi connectivity index (χ2n) is 7.51. The van der Waals surface area contributed by atoms with Gasteiger partial charge in [0.25, 0.3) is 0 Å². The van der Waals surface area contributed by atoms with E-state index < -0.39 is 0 Å². The van der Waals surface area contributed by atoms with Crippen LogP contribution < -0.4 is 10.2 Å². The van der Waals surface area contributed by atoms with Crippen LogP contribution in [0.4, 0.5) is 11.4 Å². The first-order valence-corrected chi connectivity index (χ1v) is 9.96. The number of nitrogens with zero attached hydrogens (tertiary/aromatic N) is 5. The molecule has 1 amide bonds. The maximum Gasteiger partial charge on any atom is 0.242 e. The Morgan fingerprint density at radius 3 is 3.03 bits per heavy atom. The van der Waals surface area contributed by atoms with Crippen LogP contribution in [0.1, 0.15) is 24.6 Å². The molecule has 1 fully saturated rings. The number of nitrogens with one attached hydrogen (secondary N) is 2. The molecule has 1 aromatic carbocycles. The van der Waals surface area contributed by atoms with Gasteiger partial charge in [-0.05, 0) is 37.1 Å². The van der Waals surface area contributed by atoms with E-state index in [1.807, 2.05) is 35.2 Å². The van der Waals surface area contributed by atoms with Gasteiger partial charge in [0.2, 0.25) is 5.91 Å². The number of benzene rings is 1. The average Bonchev–Trinajstić information content (AvgIpc) is 3.43. The van der Waals surface area contributed by atoms with Gasteiger partial charge in [-0.1, -0.05) is 12.1 Å². The van der Waals surface area contributed by atoms with Crippen molar-refractivity contribution < 1.29 is 4.79 Å². The number of pyridine rings is 1. The predicted molar refractivity (Wildman–Crippen MR) is 110 cm³/mol. The number of carbonyl (C=O) groups is 1. The van der Waals surface area contributed by atoms with Crippen molar-refractivity contribution in [3.63, 3.8) is 0 Å². The van der Waals surface area contributed by atoms with Gasteiger partial charge >= 0.3 is 0 Å². The number of amides is 1. The Balaban J connectivity index is 1.25. The predicted octanol–water partition coefficient (Wildman–Crippen LogP) is 2.46. The molecule has 0 saturated carbocycles. The molecule has 2 aromatic heterocycles. The maximum absolute atomic E-state index is 13.0. The molecule has 0 radical (unpaired) electrons. The molecule has 148 valence electrons. The van der Waals surface area contributed by atoms with Crippen LogP contribution in [0.3, 0.4) is 0 Å². The minimum absolute atomic E-state index is 0.153. The Morgan fingerprint density at radius 1 is 1.21 bits per heavy atom. The van der Waals surface area contributed by atoms with E-state index in [9.17, 15) is 4.79 Å². The Bertz CT molecular complexity index is 1000. The molecule has 4 heterocycles. The van der Waals surface area contributed by atoms with E-state index in [1.165, 1.54) is 0 Å². The SMILES string of the molecule is O=C(CN1CNc2ccccc21)N1CCCC(c2nc(-c3cccnc3)n[nH]2)C1. The largest absolute Gasteiger partial charge is 0.366 e. The van der Waals surface area contributed by atoms with Crippen LogP contribution in [0, 0.1) is 0 Å². The highest BCUT2D eigenvalue weighted by atomic mass is 16.2. The van der Waals surface area contributed by atoms with E-state index in [-0.39, 0.29) is 11.8 Å². The topological polar surface area (TPSA) is 90.0 Å². The number of H-pyrrole nitrogens is 1. The summed E-state index contributed by atoms with van der Waals surface area (Å²) in [4.78, 5) is 25.8. The third-order valence-corrected chi connectivity index (χ3v) is 5.61. The van der Waals surface area contributed by atoms with Crippen LogP contribution in [0.25, 0.3) is 11.4 Å². The number of hydrogen-bond donors (Lipinski definition) is 2. The lowest BCUT2D eigenvalue weighted by molar-refractivity contribution is -0.130. The fourth-order valence-electron chi connectivity index (χ4n) is 4.08. The Labute approximate surface area is 169 Å². The summed E-state index contributed by atoms with van der Waals surface area (Å²) in [6, 6.07) is 11.9. The van der Waals surface area contributed by atoms with E-state index in [1.54, 1.807) is 12.4 Å². The van der Waals surface area contributed by atoms with Crippen LogP contribution in [-0.2, 0) is 4.79 Å². The minimum Gasteiger partial charge on any atom is -0.366 e. The lowest BCUT2D eigenvalue weighted by atomic mass is 9.97. The van der Waals surface area contributed by atoms with Crippen LogP contribution in [0.5, 0.6) is 0 Å². The summed E-state index contributed by atoms with van der Waals surface area (Å²) in [5.41, 5.74) is 3.06. The first-order chi connectivity index (χ1) is 14.3. The van der Waals surface area contributed by atoms with Crippen molar-refractivity contribution in [2.45, 2.75) is 18.8 Å². The summed E-state index contributed by atoms with van der Waals surface area (Å²) in [5, 5.41) is 10.8. The lowest BCUT2D eigenvalue weighted by Gasteiger charge is -2.33. The molecule has 0 bridgehead atoms. The molecule has 2 N–H and O–H groups in total. The van der Waals surface area contributed by atoms with Gasteiger partial charge in [0, 0.05) is 37.0 Å². The molecule has 1 atom stereocenters. The van der Waals surface area contributed by atoms with E-state index in [4.69, 9.17) is 0 Å². The van der Waals surface area contributed by atoms with E-state index in [0.29, 0.717) is 25.6 Å². The van der Waals surface area contributed by atoms with Gasteiger partial charge in [0.1, 0.15) is 5.82 Å². The lowest BCUT2D eigenvalue weighted by Crippen LogP contribution is -2.44. The maximum atomic E-state index is 13.0. The zero-order valence-corrected chi connectivity index (χ0v) is 16.1.